The first-order valence-corrected chi connectivity index (χ1v) is 4.10. The Hall–Kier alpha value is -1.48. The van der Waals surface area contributed by atoms with Crippen molar-refractivity contribution in [3.63, 3.8) is 0 Å². The molecule has 1 atom stereocenters. The third kappa shape index (κ3) is 2.23. The molecule has 1 aromatic rings. The van der Waals surface area contributed by atoms with E-state index in [0.29, 0.717) is 12.1 Å². The third-order valence-electron chi connectivity index (χ3n) is 1.89. The van der Waals surface area contributed by atoms with E-state index < -0.39 is 0 Å². The normalized spacial score (nSPS) is 12.4. The summed E-state index contributed by atoms with van der Waals surface area (Å²) in [7, 11) is 0. The zero-order valence-corrected chi connectivity index (χ0v) is 7.40. The van der Waals surface area contributed by atoms with Crippen molar-refractivity contribution in [1.82, 2.24) is 0 Å². The number of anilines is 1. The van der Waals surface area contributed by atoms with Crippen LogP contribution in [0.4, 0.5) is 5.69 Å². The zero-order valence-electron chi connectivity index (χ0n) is 7.40. The molecule has 0 fully saturated rings. The molecule has 0 aliphatic rings. The van der Waals surface area contributed by atoms with Crippen LogP contribution in [0, 0.1) is 0 Å². The molecule has 70 valence electrons. The van der Waals surface area contributed by atoms with Crippen LogP contribution in [0.25, 0.3) is 0 Å². The van der Waals surface area contributed by atoms with E-state index in [-0.39, 0.29) is 11.8 Å². The van der Waals surface area contributed by atoms with Gasteiger partial charge in [-0.25, -0.2) is 0 Å². The topological polar surface area (TPSA) is 72.3 Å². The van der Waals surface area contributed by atoms with Crippen LogP contribution in [-0.4, -0.2) is 5.11 Å². The Morgan fingerprint density at radius 1 is 1.54 bits per heavy atom. The van der Waals surface area contributed by atoms with Crippen LogP contribution in [0.2, 0.25) is 0 Å². The Morgan fingerprint density at radius 3 is 2.77 bits per heavy atom. The van der Waals surface area contributed by atoms with E-state index in [9.17, 15) is 0 Å². The Balaban J connectivity index is 2.94. The van der Waals surface area contributed by atoms with Crippen molar-refractivity contribution in [2.75, 3.05) is 5.73 Å². The lowest BCUT2D eigenvalue weighted by Gasteiger charge is -2.12. The Bertz CT molecular complexity index is 310. The van der Waals surface area contributed by atoms with Crippen molar-refractivity contribution in [3.8, 4) is 5.75 Å². The number of benzene rings is 1. The molecule has 0 heterocycles. The summed E-state index contributed by atoms with van der Waals surface area (Å²) in [5.41, 5.74) is 12.9. The lowest BCUT2D eigenvalue weighted by Crippen LogP contribution is -2.11. The van der Waals surface area contributed by atoms with Crippen molar-refractivity contribution in [2.24, 2.45) is 5.73 Å². The fourth-order valence-corrected chi connectivity index (χ4v) is 1.21. The summed E-state index contributed by atoms with van der Waals surface area (Å²) >= 11 is 0. The zero-order chi connectivity index (χ0) is 9.84. The maximum absolute atomic E-state index is 9.11. The fourth-order valence-electron chi connectivity index (χ4n) is 1.21. The summed E-state index contributed by atoms with van der Waals surface area (Å²) in [4.78, 5) is 0. The number of hydrogen-bond donors (Lipinski definition) is 3. The number of hydrogen-bond acceptors (Lipinski definition) is 3. The molecule has 0 aliphatic heterocycles. The molecule has 1 aromatic carbocycles. The number of aromatic hydroxyl groups is 1. The van der Waals surface area contributed by atoms with Crippen LogP contribution >= 0.6 is 0 Å². The van der Waals surface area contributed by atoms with Gasteiger partial charge in [0.1, 0.15) is 5.75 Å². The van der Waals surface area contributed by atoms with Gasteiger partial charge in [0.2, 0.25) is 0 Å². The van der Waals surface area contributed by atoms with Crippen molar-refractivity contribution in [3.05, 3.63) is 36.4 Å². The average Bonchev–Trinajstić information content (AvgIpc) is 2.04. The minimum Gasteiger partial charge on any atom is -0.508 e. The number of phenols is 1. The molecule has 0 saturated heterocycles. The summed E-state index contributed by atoms with van der Waals surface area (Å²) in [6.45, 7) is 3.60. The van der Waals surface area contributed by atoms with Gasteiger partial charge in [0.15, 0.2) is 0 Å². The van der Waals surface area contributed by atoms with E-state index in [1.165, 1.54) is 6.07 Å². The lowest BCUT2D eigenvalue weighted by atomic mass is 10.0. The number of nitrogen functional groups attached to an aromatic ring is 1. The van der Waals surface area contributed by atoms with Crippen LogP contribution in [0.5, 0.6) is 5.75 Å². The first-order valence-electron chi connectivity index (χ1n) is 4.10. The van der Waals surface area contributed by atoms with Crippen LogP contribution < -0.4 is 11.5 Å². The van der Waals surface area contributed by atoms with Crippen molar-refractivity contribution in [2.45, 2.75) is 12.5 Å². The number of phenolic OH excluding ortho intramolecular Hbond substituents is 1. The van der Waals surface area contributed by atoms with Gasteiger partial charge in [-0.05, 0) is 18.1 Å². The molecule has 1 rings (SSSR count). The molecule has 0 unspecified atom stereocenters. The highest BCUT2D eigenvalue weighted by Gasteiger charge is 2.07. The van der Waals surface area contributed by atoms with Gasteiger partial charge in [-0.2, -0.15) is 0 Å². The quantitative estimate of drug-likeness (QED) is 0.485. The van der Waals surface area contributed by atoms with Crippen molar-refractivity contribution < 1.29 is 5.11 Å². The summed E-state index contributed by atoms with van der Waals surface area (Å²) in [6.07, 6.45) is 2.42. The standard InChI is InChI=1S/C10H14N2O/c1-2-3-9(11)8-5-4-7(13)6-10(8)12/h2,4-6,9,13H,1,3,11-12H2/t9-/m1/s1. The first-order chi connectivity index (χ1) is 6.15. The van der Waals surface area contributed by atoms with Crippen molar-refractivity contribution >= 4 is 5.69 Å². The molecule has 3 heteroatoms. The molecule has 0 radical (unpaired) electrons. The highest BCUT2D eigenvalue weighted by atomic mass is 16.3. The van der Waals surface area contributed by atoms with Crippen LogP contribution in [-0.2, 0) is 0 Å². The van der Waals surface area contributed by atoms with Gasteiger partial charge in [0, 0.05) is 17.8 Å². The minimum atomic E-state index is -0.141. The third-order valence-corrected chi connectivity index (χ3v) is 1.89. The Labute approximate surface area is 77.7 Å². The minimum absolute atomic E-state index is 0.141. The monoisotopic (exact) mass is 178 g/mol. The summed E-state index contributed by atoms with van der Waals surface area (Å²) in [5, 5.41) is 9.11. The maximum atomic E-state index is 9.11. The number of nitrogens with two attached hydrogens (primary N) is 2. The van der Waals surface area contributed by atoms with Gasteiger partial charge in [-0.1, -0.05) is 12.1 Å². The van der Waals surface area contributed by atoms with E-state index in [1.54, 1.807) is 18.2 Å². The maximum Gasteiger partial charge on any atom is 0.117 e. The molecule has 0 amide bonds. The molecule has 0 aliphatic carbocycles. The molecule has 3 nitrogen and oxygen atoms in total. The van der Waals surface area contributed by atoms with E-state index in [1.807, 2.05) is 0 Å². The highest BCUT2D eigenvalue weighted by Crippen LogP contribution is 2.24. The summed E-state index contributed by atoms with van der Waals surface area (Å²) < 4.78 is 0. The molecule has 5 N–H and O–H groups in total. The van der Waals surface area contributed by atoms with E-state index in [2.05, 4.69) is 6.58 Å². The van der Waals surface area contributed by atoms with Gasteiger partial charge in [0.25, 0.3) is 0 Å². The summed E-state index contributed by atoms with van der Waals surface area (Å²) in [6, 6.07) is 4.67. The van der Waals surface area contributed by atoms with E-state index in [0.717, 1.165) is 5.56 Å². The molecular formula is C10H14N2O. The van der Waals surface area contributed by atoms with E-state index >= 15 is 0 Å². The number of rotatable bonds is 3. The predicted octanol–water partition coefficient (Wildman–Crippen LogP) is 1.55. The van der Waals surface area contributed by atoms with Crippen LogP contribution in [0.1, 0.15) is 18.0 Å². The second kappa shape index (κ2) is 3.96. The van der Waals surface area contributed by atoms with Gasteiger partial charge in [-0.3, -0.25) is 0 Å². The summed E-state index contributed by atoms with van der Waals surface area (Å²) in [5.74, 6) is 0.159. The average molecular weight is 178 g/mol. The predicted molar refractivity (Wildman–Crippen MR) is 54.3 cm³/mol. The van der Waals surface area contributed by atoms with E-state index in [4.69, 9.17) is 16.6 Å². The SMILES string of the molecule is C=CC[C@@H](N)c1ccc(O)cc1N. The van der Waals surface area contributed by atoms with Gasteiger partial charge < -0.3 is 16.6 Å². The molecule has 0 spiro atoms. The molecular weight excluding hydrogens is 164 g/mol. The lowest BCUT2D eigenvalue weighted by molar-refractivity contribution is 0.475. The molecule has 0 bridgehead atoms. The highest BCUT2D eigenvalue weighted by molar-refractivity contribution is 5.52. The first kappa shape index (κ1) is 9.61. The molecule has 0 saturated carbocycles. The van der Waals surface area contributed by atoms with Gasteiger partial charge in [-0.15, -0.1) is 6.58 Å². The molecule has 0 aromatic heterocycles. The smallest absolute Gasteiger partial charge is 0.117 e. The molecule has 13 heavy (non-hydrogen) atoms. The van der Waals surface area contributed by atoms with Gasteiger partial charge >= 0.3 is 0 Å². The largest absolute Gasteiger partial charge is 0.508 e. The van der Waals surface area contributed by atoms with Crippen molar-refractivity contribution in [1.29, 1.82) is 0 Å². The van der Waals surface area contributed by atoms with Gasteiger partial charge in [0.05, 0.1) is 0 Å². The van der Waals surface area contributed by atoms with Crippen LogP contribution in [0.3, 0.4) is 0 Å². The Kier molecular flexibility index (Phi) is 2.93. The van der Waals surface area contributed by atoms with Crippen LogP contribution in [0.15, 0.2) is 30.9 Å². The fraction of sp³-hybridized carbons (Fsp3) is 0.200. The second-order valence-corrected chi connectivity index (χ2v) is 2.94. The second-order valence-electron chi connectivity index (χ2n) is 2.94. The Morgan fingerprint density at radius 2 is 2.23 bits per heavy atom.